The molecule has 2 amide bonds. The first-order valence-corrected chi connectivity index (χ1v) is 9.98. The Kier molecular flexibility index (Phi) is 5.44. The van der Waals surface area contributed by atoms with E-state index < -0.39 is 29.2 Å². The third kappa shape index (κ3) is 4.59. The highest BCUT2D eigenvalue weighted by Crippen LogP contribution is 2.28. The van der Waals surface area contributed by atoms with Gasteiger partial charge in [-0.1, -0.05) is 20.8 Å². The molecule has 7 nitrogen and oxygen atoms in total. The van der Waals surface area contributed by atoms with E-state index in [0.29, 0.717) is 29.0 Å². The molecule has 2 heterocycles. The average Bonchev–Trinajstić information content (AvgIpc) is 3.15. The third-order valence-corrected chi connectivity index (χ3v) is 4.91. The van der Waals surface area contributed by atoms with Crippen LogP contribution in [0, 0.1) is 17.5 Å². The van der Waals surface area contributed by atoms with Crippen molar-refractivity contribution in [3.05, 3.63) is 82.0 Å². The van der Waals surface area contributed by atoms with Gasteiger partial charge in [0.25, 0.3) is 0 Å². The number of fused-ring (bicyclic) bond motifs is 1. The number of aromatic nitrogens is 3. The van der Waals surface area contributed by atoms with E-state index in [1.165, 1.54) is 10.7 Å². The third-order valence-electron chi connectivity index (χ3n) is 4.91. The van der Waals surface area contributed by atoms with Gasteiger partial charge in [0.1, 0.15) is 11.6 Å². The van der Waals surface area contributed by atoms with Crippen molar-refractivity contribution in [3.8, 4) is 5.69 Å². The van der Waals surface area contributed by atoms with E-state index in [-0.39, 0.29) is 16.8 Å². The lowest BCUT2D eigenvalue weighted by atomic mass is 9.92. The number of carbonyl (C=O) groups is 1. The van der Waals surface area contributed by atoms with Crippen LogP contribution in [-0.2, 0) is 5.41 Å². The molecule has 0 saturated carbocycles. The first-order valence-electron chi connectivity index (χ1n) is 9.98. The number of urea groups is 1. The summed E-state index contributed by atoms with van der Waals surface area (Å²) in [6.07, 6.45) is 0. The number of amides is 2. The number of nitrogens with zero attached hydrogens (tertiary/aromatic N) is 2. The van der Waals surface area contributed by atoms with Crippen molar-refractivity contribution in [2.75, 3.05) is 10.6 Å². The summed E-state index contributed by atoms with van der Waals surface area (Å²) in [6, 6.07) is 10.1. The normalized spacial score (nSPS) is 11.6. The summed E-state index contributed by atoms with van der Waals surface area (Å²) in [7, 11) is 0. The lowest BCUT2D eigenvalue weighted by molar-refractivity contribution is 0.262. The molecule has 0 bridgehead atoms. The Hall–Kier alpha value is -4.08. The van der Waals surface area contributed by atoms with Crippen molar-refractivity contribution in [1.82, 2.24) is 14.8 Å². The van der Waals surface area contributed by atoms with Crippen LogP contribution in [0.4, 0.5) is 29.5 Å². The van der Waals surface area contributed by atoms with Crippen molar-refractivity contribution in [1.29, 1.82) is 0 Å². The van der Waals surface area contributed by atoms with Crippen LogP contribution in [0.3, 0.4) is 0 Å². The van der Waals surface area contributed by atoms with E-state index in [0.717, 1.165) is 5.39 Å². The average molecular weight is 455 g/mol. The van der Waals surface area contributed by atoms with Crippen LogP contribution in [0.1, 0.15) is 26.5 Å². The molecule has 0 aliphatic carbocycles. The van der Waals surface area contributed by atoms with Gasteiger partial charge in [0, 0.05) is 40.6 Å². The minimum Gasteiger partial charge on any atom is -0.322 e. The van der Waals surface area contributed by atoms with Crippen LogP contribution >= 0.6 is 0 Å². The first kappa shape index (κ1) is 22.1. The van der Waals surface area contributed by atoms with Crippen LogP contribution in [-0.4, -0.2) is 20.8 Å². The van der Waals surface area contributed by atoms with Gasteiger partial charge >= 0.3 is 6.03 Å². The number of rotatable bonds is 3. The molecule has 33 heavy (non-hydrogen) atoms. The summed E-state index contributed by atoms with van der Waals surface area (Å²) in [6.45, 7) is 5.83. The predicted octanol–water partition coefficient (Wildman–Crippen LogP) is 5.07. The number of pyridine rings is 1. The molecule has 0 aliphatic heterocycles. The minimum absolute atomic E-state index is 0.232. The monoisotopic (exact) mass is 455 g/mol. The fourth-order valence-corrected chi connectivity index (χ4v) is 3.22. The Morgan fingerprint density at radius 3 is 2.48 bits per heavy atom. The van der Waals surface area contributed by atoms with E-state index >= 15 is 0 Å². The van der Waals surface area contributed by atoms with Gasteiger partial charge in [0.05, 0.1) is 17.1 Å². The predicted molar refractivity (Wildman–Crippen MR) is 119 cm³/mol. The highest BCUT2D eigenvalue weighted by atomic mass is 19.2. The zero-order valence-corrected chi connectivity index (χ0v) is 18.0. The summed E-state index contributed by atoms with van der Waals surface area (Å²) in [5, 5.41) is 10.0. The smallest absolute Gasteiger partial charge is 0.322 e. The number of nitrogens with one attached hydrogen (secondary N) is 3. The maximum atomic E-state index is 13.9. The Morgan fingerprint density at radius 1 is 1.00 bits per heavy atom. The van der Waals surface area contributed by atoms with Gasteiger partial charge in [-0.25, -0.2) is 22.6 Å². The standard InChI is InChI=1S/C23H20F3N5O2/c1-23(2,3)18-11-19(29-22(33)28-17-10-13(24)9-15(25)21(17)26)31(30-18)14-5-6-16-12(8-14)4-7-20(32)27-16/h4-11H,1-3H3,(H,27,32)(H2,28,29,33). The molecule has 4 rings (SSSR count). The molecule has 3 N–H and O–H groups in total. The molecule has 0 fully saturated rings. The van der Waals surface area contributed by atoms with Gasteiger partial charge in [-0.15, -0.1) is 0 Å². The molecule has 2 aromatic carbocycles. The molecule has 0 unspecified atom stereocenters. The second-order valence-corrected chi connectivity index (χ2v) is 8.50. The number of anilines is 2. The summed E-state index contributed by atoms with van der Waals surface area (Å²) >= 11 is 0. The summed E-state index contributed by atoms with van der Waals surface area (Å²) in [5.41, 5.74) is 0.639. The Morgan fingerprint density at radius 2 is 1.76 bits per heavy atom. The Bertz CT molecular complexity index is 1440. The van der Waals surface area contributed by atoms with E-state index in [1.807, 2.05) is 20.8 Å². The Labute approximate surface area is 186 Å². The molecule has 0 radical (unpaired) electrons. The SMILES string of the molecule is CC(C)(C)c1cc(NC(=O)Nc2cc(F)cc(F)c2F)n(-c2ccc3[nH]c(=O)ccc3c2)n1. The summed E-state index contributed by atoms with van der Waals surface area (Å²) in [4.78, 5) is 26.8. The van der Waals surface area contributed by atoms with Crippen LogP contribution in [0.2, 0.25) is 0 Å². The topological polar surface area (TPSA) is 91.8 Å². The van der Waals surface area contributed by atoms with E-state index in [4.69, 9.17) is 0 Å². The lowest BCUT2D eigenvalue weighted by Crippen LogP contribution is -2.22. The zero-order chi connectivity index (χ0) is 23.9. The highest BCUT2D eigenvalue weighted by Gasteiger charge is 2.22. The van der Waals surface area contributed by atoms with Crippen molar-refractivity contribution in [2.24, 2.45) is 0 Å². The molecule has 170 valence electrons. The molecule has 10 heteroatoms. The first-order chi connectivity index (χ1) is 15.5. The maximum Gasteiger partial charge on any atom is 0.324 e. The second-order valence-electron chi connectivity index (χ2n) is 8.50. The molecular formula is C23H20F3N5O2. The van der Waals surface area contributed by atoms with Gasteiger partial charge in [0.2, 0.25) is 5.56 Å². The minimum atomic E-state index is -1.42. The maximum absolute atomic E-state index is 13.9. The number of H-pyrrole nitrogens is 1. The number of hydrogen-bond acceptors (Lipinski definition) is 3. The van der Waals surface area contributed by atoms with E-state index in [2.05, 4.69) is 20.7 Å². The van der Waals surface area contributed by atoms with Crippen molar-refractivity contribution >= 4 is 28.4 Å². The number of halogens is 3. The van der Waals surface area contributed by atoms with Crippen molar-refractivity contribution in [2.45, 2.75) is 26.2 Å². The Balaban J connectivity index is 1.71. The fraction of sp³-hybridized carbons (Fsp3) is 0.174. The number of hydrogen-bond donors (Lipinski definition) is 3. The van der Waals surface area contributed by atoms with Gasteiger partial charge in [-0.2, -0.15) is 5.10 Å². The highest BCUT2D eigenvalue weighted by molar-refractivity contribution is 5.99. The fourth-order valence-electron chi connectivity index (χ4n) is 3.22. The molecule has 0 aliphatic rings. The van der Waals surface area contributed by atoms with Crippen LogP contribution < -0.4 is 16.2 Å². The van der Waals surface area contributed by atoms with Crippen molar-refractivity contribution < 1.29 is 18.0 Å². The van der Waals surface area contributed by atoms with Crippen molar-refractivity contribution in [3.63, 3.8) is 0 Å². The summed E-state index contributed by atoms with van der Waals surface area (Å²) < 4.78 is 42.3. The van der Waals surface area contributed by atoms with E-state index in [1.54, 1.807) is 30.3 Å². The van der Waals surface area contributed by atoms with Crippen LogP contribution in [0.5, 0.6) is 0 Å². The van der Waals surface area contributed by atoms with Gasteiger partial charge < -0.3 is 10.3 Å². The van der Waals surface area contributed by atoms with Gasteiger partial charge in [-0.3, -0.25) is 10.1 Å². The quantitative estimate of drug-likeness (QED) is 0.377. The zero-order valence-electron chi connectivity index (χ0n) is 18.0. The van der Waals surface area contributed by atoms with Gasteiger partial charge in [0.15, 0.2) is 11.6 Å². The van der Waals surface area contributed by atoms with Gasteiger partial charge in [-0.05, 0) is 24.3 Å². The summed E-state index contributed by atoms with van der Waals surface area (Å²) in [5.74, 6) is -3.57. The van der Waals surface area contributed by atoms with E-state index in [9.17, 15) is 22.8 Å². The molecule has 0 spiro atoms. The second kappa shape index (κ2) is 8.12. The number of benzene rings is 2. The van der Waals surface area contributed by atoms with Crippen LogP contribution in [0.25, 0.3) is 16.6 Å². The molecule has 0 saturated heterocycles. The molecule has 0 atom stereocenters. The molecule has 4 aromatic rings. The number of carbonyl (C=O) groups excluding carboxylic acids is 1. The molecular weight excluding hydrogens is 435 g/mol. The van der Waals surface area contributed by atoms with Crippen LogP contribution in [0.15, 0.2) is 53.3 Å². The molecule has 2 aromatic heterocycles. The largest absolute Gasteiger partial charge is 0.324 e. The lowest BCUT2D eigenvalue weighted by Gasteiger charge is -2.14. The number of aromatic amines is 1.